The van der Waals surface area contributed by atoms with E-state index in [-0.39, 0.29) is 11.8 Å². The van der Waals surface area contributed by atoms with Crippen molar-refractivity contribution in [1.82, 2.24) is 0 Å². The van der Waals surface area contributed by atoms with Crippen LogP contribution in [-0.2, 0) is 9.59 Å². The van der Waals surface area contributed by atoms with Gasteiger partial charge in [0, 0.05) is 17.7 Å². The number of benzene rings is 1. The molecule has 108 valence electrons. The van der Waals surface area contributed by atoms with Gasteiger partial charge in [0.15, 0.2) is 6.61 Å². The topological polar surface area (TPSA) is 75.6 Å². The van der Waals surface area contributed by atoms with Gasteiger partial charge in [-0.3, -0.25) is 4.79 Å². The molecule has 0 spiro atoms. The van der Waals surface area contributed by atoms with Crippen LogP contribution in [0.4, 0.5) is 5.69 Å². The molecule has 1 aliphatic heterocycles. The van der Waals surface area contributed by atoms with Crippen LogP contribution in [-0.4, -0.2) is 35.1 Å². The first-order chi connectivity index (χ1) is 9.65. The van der Waals surface area contributed by atoms with Crippen molar-refractivity contribution in [3.8, 4) is 5.75 Å². The Morgan fingerprint density at radius 3 is 2.80 bits per heavy atom. The van der Waals surface area contributed by atoms with E-state index >= 15 is 0 Å². The predicted octanol–water partition coefficient (Wildman–Crippen LogP) is 2.23. The standard InChI is InChI=1S/C14H17NO4S/c16-13(17)9-19-12-3-1-2-11(8-12)15-14(18)10-4-6-20-7-5-10/h1-3,8,10H,4-7,9H2,(H,15,18)(H,16,17). The quantitative estimate of drug-likeness (QED) is 0.871. The monoisotopic (exact) mass is 295 g/mol. The molecule has 6 heteroatoms. The predicted molar refractivity (Wildman–Crippen MR) is 78.3 cm³/mol. The molecule has 1 saturated heterocycles. The largest absolute Gasteiger partial charge is 0.482 e. The van der Waals surface area contributed by atoms with Crippen molar-refractivity contribution in [3.05, 3.63) is 24.3 Å². The zero-order chi connectivity index (χ0) is 14.4. The summed E-state index contributed by atoms with van der Waals surface area (Å²) in [5.41, 5.74) is 0.635. The number of nitrogens with one attached hydrogen (secondary N) is 1. The number of anilines is 1. The Morgan fingerprint density at radius 1 is 1.35 bits per heavy atom. The lowest BCUT2D eigenvalue weighted by atomic mass is 10.0. The first kappa shape index (κ1) is 14.7. The van der Waals surface area contributed by atoms with Crippen LogP contribution in [0.5, 0.6) is 5.75 Å². The van der Waals surface area contributed by atoms with Gasteiger partial charge in [0.1, 0.15) is 5.75 Å². The van der Waals surface area contributed by atoms with Gasteiger partial charge >= 0.3 is 5.97 Å². The second-order valence-electron chi connectivity index (χ2n) is 4.59. The first-order valence-electron chi connectivity index (χ1n) is 6.48. The Kier molecular flexibility index (Phi) is 5.29. The number of amides is 1. The maximum Gasteiger partial charge on any atom is 0.341 e. The van der Waals surface area contributed by atoms with E-state index in [9.17, 15) is 9.59 Å². The summed E-state index contributed by atoms with van der Waals surface area (Å²) in [6.45, 7) is -0.392. The Balaban J connectivity index is 1.93. The van der Waals surface area contributed by atoms with Crippen molar-refractivity contribution in [1.29, 1.82) is 0 Å². The van der Waals surface area contributed by atoms with Gasteiger partial charge in [-0.15, -0.1) is 0 Å². The number of aliphatic carboxylic acids is 1. The van der Waals surface area contributed by atoms with Gasteiger partial charge in [-0.05, 0) is 36.5 Å². The molecule has 1 aromatic rings. The van der Waals surface area contributed by atoms with E-state index in [2.05, 4.69) is 5.32 Å². The number of carboxylic acids is 1. The molecule has 2 N–H and O–H groups in total. The molecule has 0 saturated carbocycles. The Hall–Kier alpha value is -1.69. The van der Waals surface area contributed by atoms with Crippen LogP contribution < -0.4 is 10.1 Å². The van der Waals surface area contributed by atoms with E-state index in [0.717, 1.165) is 24.3 Å². The van der Waals surface area contributed by atoms with E-state index in [1.54, 1.807) is 24.3 Å². The molecule has 1 fully saturated rings. The first-order valence-corrected chi connectivity index (χ1v) is 7.64. The van der Waals surface area contributed by atoms with Crippen molar-refractivity contribution in [2.24, 2.45) is 5.92 Å². The van der Waals surface area contributed by atoms with Crippen molar-refractivity contribution < 1.29 is 19.4 Å². The molecule has 0 bridgehead atoms. The lowest BCUT2D eigenvalue weighted by Crippen LogP contribution is -2.26. The molecule has 5 nitrogen and oxygen atoms in total. The van der Waals surface area contributed by atoms with E-state index in [0.29, 0.717) is 11.4 Å². The van der Waals surface area contributed by atoms with Crippen LogP contribution in [0.15, 0.2) is 24.3 Å². The van der Waals surface area contributed by atoms with E-state index in [1.165, 1.54) is 0 Å². The zero-order valence-corrected chi connectivity index (χ0v) is 11.8. The fraction of sp³-hybridized carbons (Fsp3) is 0.429. The minimum Gasteiger partial charge on any atom is -0.482 e. The minimum absolute atomic E-state index is 0.0284. The van der Waals surface area contributed by atoms with Gasteiger partial charge in [-0.1, -0.05) is 6.07 Å². The molecule has 0 radical (unpaired) electrons. The molecule has 1 heterocycles. The summed E-state index contributed by atoms with van der Waals surface area (Å²) in [7, 11) is 0. The molecule has 0 aliphatic carbocycles. The van der Waals surface area contributed by atoms with Gasteiger partial charge < -0.3 is 15.2 Å². The summed E-state index contributed by atoms with van der Waals surface area (Å²) >= 11 is 1.88. The maximum absolute atomic E-state index is 12.1. The number of rotatable bonds is 5. The van der Waals surface area contributed by atoms with Crippen molar-refractivity contribution in [2.45, 2.75) is 12.8 Å². The average Bonchev–Trinajstić information content (AvgIpc) is 2.46. The SMILES string of the molecule is O=C(O)COc1cccc(NC(=O)C2CCSCC2)c1. The third kappa shape index (κ3) is 4.45. The van der Waals surface area contributed by atoms with Crippen molar-refractivity contribution >= 4 is 29.3 Å². The molecular weight excluding hydrogens is 278 g/mol. The van der Waals surface area contributed by atoms with Crippen LogP contribution in [0.3, 0.4) is 0 Å². The second kappa shape index (κ2) is 7.19. The summed E-state index contributed by atoms with van der Waals surface area (Å²) in [5.74, 6) is 1.56. The molecule has 2 rings (SSSR count). The van der Waals surface area contributed by atoms with E-state index in [1.807, 2.05) is 11.8 Å². The highest BCUT2D eigenvalue weighted by molar-refractivity contribution is 7.99. The molecule has 0 aromatic heterocycles. The summed E-state index contributed by atoms with van der Waals surface area (Å²) in [6, 6.07) is 6.79. The number of hydrogen-bond acceptors (Lipinski definition) is 4. The Labute approximate surface area is 121 Å². The summed E-state index contributed by atoms with van der Waals surface area (Å²) < 4.78 is 5.08. The highest BCUT2D eigenvalue weighted by Gasteiger charge is 2.21. The molecule has 1 aliphatic rings. The molecule has 0 unspecified atom stereocenters. The molecule has 20 heavy (non-hydrogen) atoms. The minimum atomic E-state index is -1.03. The molecule has 1 aromatic carbocycles. The van der Waals surface area contributed by atoms with Crippen LogP contribution in [0.1, 0.15) is 12.8 Å². The fourth-order valence-electron chi connectivity index (χ4n) is 2.01. The van der Waals surface area contributed by atoms with Gasteiger partial charge in [0.05, 0.1) is 0 Å². The Bertz CT molecular complexity index is 486. The van der Waals surface area contributed by atoms with Crippen LogP contribution in [0, 0.1) is 5.92 Å². The number of hydrogen-bond donors (Lipinski definition) is 2. The Morgan fingerprint density at radius 2 is 2.10 bits per heavy atom. The van der Waals surface area contributed by atoms with E-state index < -0.39 is 12.6 Å². The number of carbonyl (C=O) groups excluding carboxylic acids is 1. The van der Waals surface area contributed by atoms with Gasteiger partial charge in [-0.2, -0.15) is 11.8 Å². The normalized spacial score (nSPS) is 15.6. The summed E-state index contributed by atoms with van der Waals surface area (Å²) in [5, 5.41) is 11.4. The van der Waals surface area contributed by atoms with E-state index in [4.69, 9.17) is 9.84 Å². The molecule has 0 atom stereocenters. The average molecular weight is 295 g/mol. The highest BCUT2D eigenvalue weighted by Crippen LogP contribution is 2.25. The number of carbonyl (C=O) groups is 2. The summed E-state index contributed by atoms with van der Waals surface area (Å²) in [4.78, 5) is 22.5. The number of carboxylic acid groups (broad SMARTS) is 1. The smallest absolute Gasteiger partial charge is 0.341 e. The summed E-state index contributed by atoms with van der Waals surface area (Å²) in [6.07, 6.45) is 1.82. The molecule has 1 amide bonds. The van der Waals surface area contributed by atoms with Crippen LogP contribution >= 0.6 is 11.8 Å². The third-order valence-electron chi connectivity index (χ3n) is 3.06. The van der Waals surface area contributed by atoms with Crippen LogP contribution in [0.25, 0.3) is 0 Å². The number of thioether (sulfide) groups is 1. The zero-order valence-electron chi connectivity index (χ0n) is 11.0. The van der Waals surface area contributed by atoms with Gasteiger partial charge in [0.2, 0.25) is 5.91 Å². The highest BCUT2D eigenvalue weighted by atomic mass is 32.2. The maximum atomic E-state index is 12.1. The lowest BCUT2D eigenvalue weighted by Gasteiger charge is -2.20. The van der Waals surface area contributed by atoms with Gasteiger partial charge in [0.25, 0.3) is 0 Å². The van der Waals surface area contributed by atoms with Crippen molar-refractivity contribution in [2.75, 3.05) is 23.4 Å². The fourth-order valence-corrected chi connectivity index (χ4v) is 3.12. The van der Waals surface area contributed by atoms with Crippen molar-refractivity contribution in [3.63, 3.8) is 0 Å². The lowest BCUT2D eigenvalue weighted by molar-refractivity contribution is -0.139. The van der Waals surface area contributed by atoms with Gasteiger partial charge in [-0.25, -0.2) is 4.79 Å². The number of ether oxygens (including phenoxy) is 1. The van der Waals surface area contributed by atoms with Crippen LogP contribution in [0.2, 0.25) is 0 Å². The third-order valence-corrected chi connectivity index (χ3v) is 4.10. The molecular formula is C14H17NO4S. The second-order valence-corrected chi connectivity index (χ2v) is 5.81.